The maximum atomic E-state index is 11.1. The van der Waals surface area contributed by atoms with Gasteiger partial charge in [0.1, 0.15) is 12.8 Å². The van der Waals surface area contributed by atoms with Crippen molar-refractivity contribution in [2.45, 2.75) is 19.8 Å². The van der Waals surface area contributed by atoms with Crippen LogP contribution >= 0.6 is 7.72 Å². The first-order valence-corrected chi connectivity index (χ1v) is 7.65. The van der Waals surface area contributed by atoms with E-state index in [0.717, 1.165) is 5.56 Å². The molecule has 0 spiro atoms. The molecule has 2 unspecified atom stereocenters. The highest BCUT2D eigenvalue weighted by Crippen LogP contribution is 2.54. The fraction of sp³-hybridized carbons (Fsp3) is 0.545. The van der Waals surface area contributed by atoms with Crippen LogP contribution in [0.3, 0.4) is 0 Å². The normalized spacial score (nSPS) is 16.8. The van der Waals surface area contributed by atoms with Gasteiger partial charge < -0.3 is 4.98 Å². The van der Waals surface area contributed by atoms with Gasteiger partial charge in [-0.2, -0.15) is 0 Å². The Morgan fingerprint density at radius 2 is 2.31 bits per heavy atom. The van der Waals surface area contributed by atoms with E-state index in [-0.39, 0.29) is 11.5 Å². The van der Waals surface area contributed by atoms with Crippen LogP contribution in [0.1, 0.15) is 25.3 Å². The molecule has 0 aliphatic heterocycles. The van der Waals surface area contributed by atoms with Crippen molar-refractivity contribution in [3.05, 3.63) is 34.2 Å². The Labute approximate surface area is 96.2 Å². The number of nitrogens with one attached hydrogen (secondary N) is 1. The summed E-state index contributed by atoms with van der Waals surface area (Å²) in [5.74, 6) is 0.122. The summed E-state index contributed by atoms with van der Waals surface area (Å²) in [6, 6.07) is 3.43. The Kier molecular flexibility index (Phi) is 4.66. The van der Waals surface area contributed by atoms with Crippen molar-refractivity contribution < 1.29 is 9.42 Å². The third-order valence-corrected chi connectivity index (χ3v) is 4.43. The van der Waals surface area contributed by atoms with Crippen LogP contribution in [0.15, 0.2) is 23.1 Å². The van der Waals surface area contributed by atoms with Gasteiger partial charge in [-0.3, -0.25) is 4.79 Å². The molecular weight excluding hydrogens is 225 g/mol. The lowest BCUT2D eigenvalue weighted by Gasteiger charge is -2.17. The van der Waals surface area contributed by atoms with Crippen LogP contribution in [0.5, 0.6) is 0 Å². The van der Waals surface area contributed by atoms with Gasteiger partial charge >= 0.3 is 0 Å². The van der Waals surface area contributed by atoms with Crippen LogP contribution in [0.4, 0.5) is 0 Å². The van der Waals surface area contributed by atoms with Gasteiger partial charge in [-0.25, -0.2) is 9.42 Å². The Hall–Kier alpha value is -0.700. The highest BCUT2D eigenvalue weighted by atomic mass is 31.2. The predicted octanol–water partition coefficient (Wildman–Crippen LogP) is 1.98. The van der Waals surface area contributed by atoms with E-state index in [2.05, 4.69) is 4.98 Å². The van der Waals surface area contributed by atoms with Crippen LogP contribution in [-0.2, 0) is 4.52 Å². The number of rotatable bonds is 5. The molecule has 16 heavy (non-hydrogen) atoms. The van der Waals surface area contributed by atoms with Gasteiger partial charge in [0, 0.05) is 18.2 Å². The highest BCUT2D eigenvalue weighted by molar-refractivity contribution is 7.64. The van der Waals surface area contributed by atoms with Gasteiger partial charge in [-0.1, -0.05) is 6.92 Å². The van der Waals surface area contributed by atoms with Crippen LogP contribution in [0, 0.1) is 0 Å². The molecule has 1 aromatic rings. The SMILES string of the molecule is CCO[P+](C)(O)CC(C)c1cc[nH]c(=O)c1. The smallest absolute Gasteiger partial charge is 0.269 e. The molecule has 0 amide bonds. The summed E-state index contributed by atoms with van der Waals surface area (Å²) in [6.07, 6.45) is 2.20. The molecule has 0 saturated heterocycles. The molecule has 1 aromatic heterocycles. The summed E-state index contributed by atoms with van der Waals surface area (Å²) >= 11 is 0. The molecule has 0 radical (unpaired) electrons. The van der Waals surface area contributed by atoms with Gasteiger partial charge in [0.05, 0.1) is 6.61 Å². The van der Waals surface area contributed by atoms with Crippen molar-refractivity contribution in [2.75, 3.05) is 19.4 Å². The zero-order valence-electron chi connectivity index (χ0n) is 9.93. The van der Waals surface area contributed by atoms with E-state index in [4.69, 9.17) is 4.52 Å². The van der Waals surface area contributed by atoms with Crippen molar-refractivity contribution in [3.8, 4) is 0 Å². The van der Waals surface area contributed by atoms with Gasteiger partial charge in [-0.05, 0) is 18.6 Å². The van der Waals surface area contributed by atoms with Gasteiger partial charge in [0.2, 0.25) is 5.56 Å². The first-order valence-electron chi connectivity index (χ1n) is 5.36. The van der Waals surface area contributed by atoms with Gasteiger partial charge in [-0.15, -0.1) is 0 Å². The Morgan fingerprint density at radius 1 is 1.62 bits per heavy atom. The first kappa shape index (κ1) is 13.4. The Morgan fingerprint density at radius 3 is 2.88 bits per heavy atom. The standard InChI is InChI=1S/C11H18NO3P/c1-4-15-16(3,14)8-9(2)10-5-6-12-11(13)7-10/h5-7,9,14H,4,8H2,1-3H3/p+1. The molecular formula is C11H19NO3P+. The van der Waals surface area contributed by atoms with E-state index in [1.807, 2.05) is 19.9 Å². The molecule has 1 heterocycles. The van der Waals surface area contributed by atoms with E-state index in [1.165, 1.54) is 0 Å². The summed E-state index contributed by atoms with van der Waals surface area (Å²) in [6.45, 7) is 6.12. The summed E-state index contributed by atoms with van der Waals surface area (Å²) in [7, 11) is -2.29. The summed E-state index contributed by atoms with van der Waals surface area (Å²) < 4.78 is 5.33. The number of hydrogen-bond acceptors (Lipinski definition) is 3. The lowest BCUT2D eigenvalue weighted by molar-refractivity contribution is 0.311. The first-order chi connectivity index (χ1) is 7.44. The second-order valence-corrected chi connectivity index (χ2v) is 6.76. The molecule has 0 aliphatic carbocycles. The number of pyridine rings is 1. The second kappa shape index (κ2) is 5.58. The average molecular weight is 244 g/mol. The molecule has 4 nitrogen and oxygen atoms in total. The third kappa shape index (κ3) is 4.05. The zero-order valence-corrected chi connectivity index (χ0v) is 10.8. The van der Waals surface area contributed by atoms with Crippen molar-refractivity contribution in [2.24, 2.45) is 0 Å². The summed E-state index contributed by atoms with van der Waals surface area (Å²) in [4.78, 5) is 23.7. The zero-order chi connectivity index (χ0) is 12.2. The largest absolute Gasteiger partial charge is 0.329 e. The van der Waals surface area contributed by atoms with E-state index >= 15 is 0 Å². The van der Waals surface area contributed by atoms with Crippen molar-refractivity contribution >= 4 is 7.72 Å². The fourth-order valence-electron chi connectivity index (χ4n) is 1.71. The molecule has 0 saturated carbocycles. The lowest BCUT2D eigenvalue weighted by atomic mass is 10.1. The highest BCUT2D eigenvalue weighted by Gasteiger charge is 2.33. The molecule has 5 heteroatoms. The number of aromatic amines is 1. The minimum Gasteiger partial charge on any atom is -0.329 e. The summed E-state index contributed by atoms with van der Waals surface area (Å²) in [5.41, 5.74) is 0.822. The molecule has 2 N–H and O–H groups in total. The van der Waals surface area contributed by atoms with Crippen molar-refractivity contribution in [1.82, 2.24) is 4.98 Å². The number of hydrogen-bond donors (Lipinski definition) is 2. The van der Waals surface area contributed by atoms with E-state index in [1.54, 1.807) is 18.9 Å². The van der Waals surface area contributed by atoms with Gasteiger partial charge in [0.15, 0.2) is 0 Å². The van der Waals surface area contributed by atoms with Crippen LogP contribution in [0.2, 0.25) is 0 Å². The van der Waals surface area contributed by atoms with Gasteiger partial charge in [0.25, 0.3) is 7.72 Å². The minimum atomic E-state index is -2.29. The molecule has 0 aliphatic rings. The molecule has 90 valence electrons. The number of H-pyrrole nitrogens is 1. The topological polar surface area (TPSA) is 62.3 Å². The lowest BCUT2D eigenvalue weighted by Crippen LogP contribution is -2.11. The maximum absolute atomic E-state index is 11.1. The van der Waals surface area contributed by atoms with E-state index in [9.17, 15) is 9.69 Å². The average Bonchev–Trinajstić information content (AvgIpc) is 2.16. The van der Waals surface area contributed by atoms with Crippen molar-refractivity contribution in [3.63, 3.8) is 0 Å². The fourth-order valence-corrected chi connectivity index (χ4v) is 3.60. The van der Waals surface area contributed by atoms with Crippen LogP contribution in [0.25, 0.3) is 0 Å². The molecule has 0 bridgehead atoms. The summed E-state index contributed by atoms with van der Waals surface area (Å²) in [5, 5.41) is 0. The Bertz CT molecular complexity index is 389. The maximum Gasteiger partial charge on any atom is 0.269 e. The van der Waals surface area contributed by atoms with Crippen LogP contribution < -0.4 is 5.56 Å². The molecule has 0 fully saturated rings. The van der Waals surface area contributed by atoms with Crippen LogP contribution in [-0.4, -0.2) is 29.3 Å². The quantitative estimate of drug-likeness (QED) is 0.778. The van der Waals surface area contributed by atoms with Crippen molar-refractivity contribution in [1.29, 1.82) is 0 Å². The van der Waals surface area contributed by atoms with E-state index in [0.29, 0.717) is 12.8 Å². The predicted molar refractivity (Wildman–Crippen MR) is 67.0 cm³/mol. The van der Waals surface area contributed by atoms with E-state index < -0.39 is 7.72 Å². The third-order valence-electron chi connectivity index (χ3n) is 2.39. The minimum absolute atomic E-state index is 0.112. The molecule has 2 atom stereocenters. The molecule has 1 rings (SSSR count). The number of aromatic nitrogens is 1. The molecule has 0 aromatic carbocycles. The second-order valence-electron chi connectivity index (χ2n) is 4.04. The monoisotopic (exact) mass is 244 g/mol. The Balaban J connectivity index is 2.72.